The van der Waals surface area contributed by atoms with E-state index in [4.69, 9.17) is 16.7 Å². The number of nitrogens with zero attached hydrogens (tertiary/aromatic N) is 2. The number of carboxylic acid groups (broad SMARTS) is 1. The minimum atomic E-state index is -1.13. The molecule has 0 aliphatic rings. The van der Waals surface area contributed by atoms with E-state index in [9.17, 15) is 9.59 Å². The lowest BCUT2D eigenvalue weighted by Crippen LogP contribution is -2.28. The topological polar surface area (TPSA) is 104 Å². The van der Waals surface area contributed by atoms with E-state index in [2.05, 4.69) is 20.6 Å². The van der Waals surface area contributed by atoms with Gasteiger partial charge in [-0.2, -0.15) is 0 Å². The van der Waals surface area contributed by atoms with Crippen LogP contribution in [0.3, 0.4) is 0 Å². The zero-order valence-electron chi connectivity index (χ0n) is 10.7. The lowest BCUT2D eigenvalue weighted by molar-refractivity contribution is 0.0697. The Kier molecular flexibility index (Phi) is 4.68. The van der Waals surface area contributed by atoms with Crippen LogP contribution in [-0.2, 0) is 6.54 Å². The van der Waals surface area contributed by atoms with Crippen molar-refractivity contribution in [1.29, 1.82) is 0 Å². The van der Waals surface area contributed by atoms with Crippen LogP contribution in [0.2, 0.25) is 5.02 Å². The molecule has 0 aliphatic carbocycles. The Labute approximate surface area is 125 Å². The molecule has 1 aromatic heterocycles. The van der Waals surface area contributed by atoms with Crippen LogP contribution in [0.5, 0.6) is 0 Å². The number of nitrogens with one attached hydrogen (secondary N) is 2. The molecule has 0 spiro atoms. The summed E-state index contributed by atoms with van der Waals surface area (Å²) in [4.78, 5) is 30.2. The summed E-state index contributed by atoms with van der Waals surface area (Å²) < 4.78 is 0. The second-order valence-corrected chi connectivity index (χ2v) is 4.42. The van der Waals surface area contributed by atoms with Crippen molar-refractivity contribution >= 4 is 29.3 Å². The fourth-order valence-electron chi connectivity index (χ4n) is 1.54. The third-order valence-electron chi connectivity index (χ3n) is 2.53. The molecule has 0 bridgehead atoms. The third-order valence-corrected chi connectivity index (χ3v) is 2.84. The van der Waals surface area contributed by atoms with Crippen molar-refractivity contribution in [2.45, 2.75) is 6.54 Å². The molecule has 0 atom stereocenters. The van der Waals surface area contributed by atoms with Gasteiger partial charge in [0, 0.05) is 11.9 Å². The number of benzene rings is 1. The normalized spacial score (nSPS) is 9.95. The molecule has 0 saturated heterocycles. The van der Waals surface area contributed by atoms with E-state index in [0.29, 0.717) is 11.4 Å². The molecule has 0 radical (unpaired) electrons. The van der Waals surface area contributed by atoms with Crippen molar-refractivity contribution in [3.05, 3.63) is 53.1 Å². The summed E-state index contributed by atoms with van der Waals surface area (Å²) in [6.45, 7) is 0.245. The van der Waals surface area contributed by atoms with Crippen LogP contribution in [0.25, 0.3) is 0 Å². The predicted octanol–water partition coefficient (Wildman–Crippen LogP) is 2.15. The Hall–Kier alpha value is -2.67. The summed E-state index contributed by atoms with van der Waals surface area (Å²) in [6.07, 6.45) is 2.96. The van der Waals surface area contributed by atoms with Gasteiger partial charge in [-0.3, -0.25) is 0 Å². The van der Waals surface area contributed by atoms with Gasteiger partial charge in [0.05, 0.1) is 22.8 Å². The maximum absolute atomic E-state index is 11.7. The number of urea groups is 1. The number of carboxylic acids is 1. The van der Waals surface area contributed by atoms with Gasteiger partial charge in [-0.1, -0.05) is 11.6 Å². The van der Waals surface area contributed by atoms with E-state index >= 15 is 0 Å². The lowest BCUT2D eigenvalue weighted by atomic mass is 10.2. The van der Waals surface area contributed by atoms with Crippen LogP contribution in [-0.4, -0.2) is 27.1 Å². The number of aromatic nitrogens is 2. The monoisotopic (exact) mass is 306 g/mol. The van der Waals surface area contributed by atoms with Crippen molar-refractivity contribution in [3.8, 4) is 0 Å². The van der Waals surface area contributed by atoms with Gasteiger partial charge in [0.1, 0.15) is 6.33 Å². The van der Waals surface area contributed by atoms with Gasteiger partial charge in [-0.25, -0.2) is 19.6 Å². The summed E-state index contributed by atoms with van der Waals surface area (Å²) in [5.41, 5.74) is 1.04. The van der Waals surface area contributed by atoms with Crippen LogP contribution in [0.4, 0.5) is 10.5 Å². The van der Waals surface area contributed by atoms with Crippen LogP contribution in [0.1, 0.15) is 16.1 Å². The molecule has 0 unspecified atom stereocenters. The first kappa shape index (κ1) is 14.7. The van der Waals surface area contributed by atoms with E-state index in [-0.39, 0.29) is 17.1 Å². The number of rotatable bonds is 4. The highest BCUT2D eigenvalue weighted by Gasteiger charge is 2.10. The largest absolute Gasteiger partial charge is 0.478 e. The molecule has 0 aliphatic heterocycles. The highest BCUT2D eigenvalue weighted by molar-refractivity contribution is 6.33. The number of hydrogen-bond donors (Lipinski definition) is 3. The third kappa shape index (κ3) is 4.15. The van der Waals surface area contributed by atoms with Gasteiger partial charge in [-0.05, 0) is 24.3 Å². The molecule has 0 saturated carbocycles. The van der Waals surface area contributed by atoms with Crippen molar-refractivity contribution < 1.29 is 14.7 Å². The summed E-state index contributed by atoms with van der Waals surface area (Å²) in [5, 5.41) is 14.1. The lowest BCUT2D eigenvalue weighted by Gasteiger charge is -2.08. The minimum absolute atomic E-state index is 0.0244. The quantitative estimate of drug-likeness (QED) is 0.803. The number of amides is 2. The number of carbonyl (C=O) groups excluding carboxylic acids is 1. The molecule has 21 heavy (non-hydrogen) atoms. The maximum atomic E-state index is 11.7. The maximum Gasteiger partial charge on any atom is 0.337 e. The molecular weight excluding hydrogens is 296 g/mol. The fraction of sp³-hybridized carbons (Fsp3) is 0.0769. The van der Waals surface area contributed by atoms with Crippen LogP contribution in [0, 0.1) is 0 Å². The van der Waals surface area contributed by atoms with Crippen molar-refractivity contribution in [3.63, 3.8) is 0 Å². The number of aromatic carboxylic acids is 1. The zero-order chi connectivity index (χ0) is 15.2. The molecular formula is C13H11ClN4O3. The van der Waals surface area contributed by atoms with Gasteiger partial charge >= 0.3 is 12.0 Å². The zero-order valence-corrected chi connectivity index (χ0v) is 11.5. The van der Waals surface area contributed by atoms with Gasteiger partial charge in [0.25, 0.3) is 0 Å². The Morgan fingerprint density at radius 3 is 2.71 bits per heavy atom. The molecule has 7 nitrogen and oxygen atoms in total. The Morgan fingerprint density at radius 1 is 1.29 bits per heavy atom. The van der Waals surface area contributed by atoms with E-state index in [0.717, 1.165) is 0 Å². The van der Waals surface area contributed by atoms with Crippen LogP contribution in [0.15, 0.2) is 36.8 Å². The number of hydrogen-bond acceptors (Lipinski definition) is 4. The first-order valence-electron chi connectivity index (χ1n) is 5.89. The standard InChI is InChI=1S/C13H11ClN4O3/c14-11-5-8(1-2-10(11)12(19)20)18-13(21)16-6-9-3-4-15-7-17-9/h1-5,7H,6H2,(H,19,20)(H2,16,18,21). The van der Waals surface area contributed by atoms with Gasteiger partial charge in [0.15, 0.2) is 0 Å². The molecule has 3 N–H and O–H groups in total. The summed E-state index contributed by atoms with van der Waals surface area (Å²) in [5.74, 6) is -1.13. The molecule has 8 heteroatoms. The Bertz CT molecular complexity index is 664. The second-order valence-electron chi connectivity index (χ2n) is 4.01. The van der Waals surface area contributed by atoms with Gasteiger partial charge in [-0.15, -0.1) is 0 Å². The van der Waals surface area contributed by atoms with Gasteiger partial charge < -0.3 is 15.7 Å². The molecule has 2 aromatic rings. The smallest absolute Gasteiger partial charge is 0.337 e. The molecule has 0 fully saturated rings. The van der Waals surface area contributed by atoms with Crippen molar-refractivity contribution in [2.75, 3.05) is 5.32 Å². The molecule has 1 heterocycles. The van der Waals surface area contributed by atoms with Crippen LogP contribution < -0.4 is 10.6 Å². The highest BCUT2D eigenvalue weighted by atomic mass is 35.5. The molecule has 108 valence electrons. The minimum Gasteiger partial charge on any atom is -0.478 e. The number of carbonyl (C=O) groups is 2. The summed E-state index contributed by atoms with van der Waals surface area (Å²) in [7, 11) is 0. The SMILES string of the molecule is O=C(NCc1ccncn1)Nc1ccc(C(=O)O)c(Cl)c1. The molecule has 1 aromatic carbocycles. The summed E-state index contributed by atoms with van der Waals surface area (Å²) >= 11 is 5.81. The average molecular weight is 307 g/mol. The van der Waals surface area contributed by atoms with Gasteiger partial charge in [0.2, 0.25) is 0 Å². The predicted molar refractivity (Wildman–Crippen MR) is 76.3 cm³/mol. The van der Waals surface area contributed by atoms with Crippen LogP contribution >= 0.6 is 11.6 Å². The summed E-state index contributed by atoms with van der Waals surface area (Å²) in [6, 6.07) is 5.38. The van der Waals surface area contributed by atoms with E-state index in [1.54, 1.807) is 12.3 Å². The fourth-order valence-corrected chi connectivity index (χ4v) is 1.80. The highest BCUT2D eigenvalue weighted by Crippen LogP contribution is 2.20. The number of anilines is 1. The average Bonchev–Trinajstić information content (AvgIpc) is 2.46. The Balaban J connectivity index is 1.94. The molecule has 2 rings (SSSR count). The van der Waals surface area contributed by atoms with E-state index in [1.807, 2.05) is 0 Å². The molecule has 2 amide bonds. The first-order chi connectivity index (χ1) is 10.1. The number of halogens is 1. The first-order valence-corrected chi connectivity index (χ1v) is 6.26. The van der Waals surface area contributed by atoms with E-state index in [1.165, 1.54) is 24.5 Å². The second kappa shape index (κ2) is 6.67. The van der Waals surface area contributed by atoms with Crippen molar-refractivity contribution in [1.82, 2.24) is 15.3 Å². The van der Waals surface area contributed by atoms with Crippen molar-refractivity contribution in [2.24, 2.45) is 0 Å². The Morgan fingerprint density at radius 2 is 2.10 bits per heavy atom. The van der Waals surface area contributed by atoms with E-state index < -0.39 is 12.0 Å².